The van der Waals surface area contributed by atoms with Crippen LogP contribution < -0.4 is 10.8 Å². The zero-order valence-corrected chi connectivity index (χ0v) is 13.3. The Hall–Kier alpha value is -1.15. The van der Waals surface area contributed by atoms with Gasteiger partial charge in [-0.3, -0.25) is 4.79 Å². The highest BCUT2D eigenvalue weighted by molar-refractivity contribution is 9.10. The number of rotatable bonds is 3. The lowest BCUT2D eigenvalue weighted by Gasteiger charge is -2.08. The molecular weight excluding hydrogens is 389 g/mol. The molecule has 0 bridgehead atoms. The predicted molar refractivity (Wildman–Crippen MR) is 86.1 cm³/mol. The van der Waals surface area contributed by atoms with E-state index in [-0.39, 0.29) is 11.4 Å². The Morgan fingerprint density at radius 2 is 1.65 bits per heavy atom. The second-order valence-corrected chi connectivity index (χ2v) is 5.94. The zero-order valence-electron chi connectivity index (χ0n) is 10.2. The van der Waals surface area contributed by atoms with Crippen molar-refractivity contribution in [3.8, 4) is 0 Å². The minimum absolute atomic E-state index is 0.250. The van der Waals surface area contributed by atoms with E-state index in [0.717, 1.165) is 4.47 Å². The van der Waals surface area contributed by atoms with Crippen LogP contribution in [0.4, 0.5) is 5.69 Å². The number of amides is 1. The van der Waals surface area contributed by atoms with Crippen LogP contribution in [-0.4, -0.2) is 23.1 Å². The summed E-state index contributed by atoms with van der Waals surface area (Å²) in [7, 11) is -1.62. The molecule has 102 valence electrons. The summed E-state index contributed by atoms with van der Waals surface area (Å²) >= 11 is 6.55. The van der Waals surface area contributed by atoms with Crippen molar-refractivity contribution < 1.29 is 14.8 Å². The van der Waals surface area contributed by atoms with E-state index in [9.17, 15) is 14.8 Å². The Morgan fingerprint density at radius 1 is 1.00 bits per heavy atom. The summed E-state index contributed by atoms with van der Waals surface area (Å²) < 4.78 is 1.52. The Balaban J connectivity index is 2.22. The average Bonchev–Trinajstić information content (AvgIpc) is 2.40. The van der Waals surface area contributed by atoms with E-state index in [1.54, 1.807) is 24.3 Å². The van der Waals surface area contributed by atoms with E-state index in [2.05, 4.69) is 37.2 Å². The molecule has 0 fully saturated rings. The molecule has 0 unspecified atom stereocenters. The van der Waals surface area contributed by atoms with Gasteiger partial charge in [-0.05, 0) is 47.9 Å². The highest BCUT2D eigenvalue weighted by atomic mass is 79.9. The van der Waals surface area contributed by atoms with Gasteiger partial charge >= 0.3 is 7.12 Å². The number of anilines is 1. The average molecular weight is 399 g/mol. The van der Waals surface area contributed by atoms with Crippen molar-refractivity contribution in [2.45, 2.75) is 0 Å². The zero-order chi connectivity index (χ0) is 14.7. The van der Waals surface area contributed by atoms with Crippen molar-refractivity contribution >= 4 is 56.0 Å². The third-order valence-corrected chi connectivity index (χ3v) is 3.57. The molecule has 7 heteroatoms. The Labute approximate surface area is 133 Å². The molecule has 2 aromatic rings. The Kier molecular flexibility index (Phi) is 4.98. The number of carbonyl (C=O) groups is 1. The fraction of sp³-hybridized carbons (Fsp3) is 0. The van der Waals surface area contributed by atoms with Crippen LogP contribution in [0.5, 0.6) is 0 Å². The third-order valence-electron chi connectivity index (χ3n) is 2.58. The first-order valence-corrected chi connectivity index (χ1v) is 7.28. The maximum atomic E-state index is 12.1. The molecule has 0 spiro atoms. The largest absolute Gasteiger partial charge is 0.488 e. The molecule has 4 nitrogen and oxygen atoms in total. The standard InChI is InChI=1S/C13H10BBr2NO3/c15-10-1-3-12(4-2-10)17-13(18)8-5-9(14(19)20)7-11(16)6-8/h1-7,19-20H,(H,17,18). The molecule has 3 N–H and O–H groups in total. The van der Waals surface area contributed by atoms with Gasteiger partial charge in [-0.2, -0.15) is 0 Å². The van der Waals surface area contributed by atoms with Crippen molar-refractivity contribution in [2.75, 3.05) is 5.32 Å². The topological polar surface area (TPSA) is 69.6 Å². The smallest absolute Gasteiger partial charge is 0.423 e. The number of hydrogen-bond acceptors (Lipinski definition) is 3. The van der Waals surface area contributed by atoms with Gasteiger partial charge in [0.05, 0.1) is 0 Å². The van der Waals surface area contributed by atoms with Gasteiger partial charge in [0.1, 0.15) is 0 Å². The van der Waals surface area contributed by atoms with Crippen molar-refractivity contribution in [3.05, 3.63) is 57.0 Å². The molecule has 0 aromatic heterocycles. The number of benzene rings is 2. The van der Waals surface area contributed by atoms with Crippen molar-refractivity contribution in [3.63, 3.8) is 0 Å². The molecule has 0 aliphatic rings. The first-order chi connectivity index (χ1) is 9.45. The number of halogens is 2. The highest BCUT2D eigenvalue weighted by Gasteiger charge is 2.15. The quantitative estimate of drug-likeness (QED) is 0.694. The molecule has 0 aliphatic carbocycles. The third kappa shape index (κ3) is 3.93. The Bertz CT molecular complexity index is 632. The van der Waals surface area contributed by atoms with Crippen LogP contribution in [0.1, 0.15) is 10.4 Å². The molecule has 0 radical (unpaired) electrons. The summed E-state index contributed by atoms with van der Waals surface area (Å²) in [6.07, 6.45) is 0. The molecule has 0 aliphatic heterocycles. The molecule has 2 rings (SSSR count). The summed E-state index contributed by atoms with van der Waals surface area (Å²) in [6.45, 7) is 0. The van der Waals surface area contributed by atoms with E-state index in [1.807, 2.05) is 12.1 Å². The fourth-order valence-electron chi connectivity index (χ4n) is 1.63. The van der Waals surface area contributed by atoms with Gasteiger partial charge in [0, 0.05) is 20.2 Å². The second kappa shape index (κ2) is 6.54. The lowest BCUT2D eigenvalue weighted by molar-refractivity contribution is 0.102. The summed E-state index contributed by atoms with van der Waals surface area (Å²) in [6, 6.07) is 11.8. The monoisotopic (exact) mass is 397 g/mol. The lowest BCUT2D eigenvalue weighted by atomic mass is 9.79. The highest BCUT2D eigenvalue weighted by Crippen LogP contribution is 2.16. The SMILES string of the molecule is O=C(Nc1ccc(Br)cc1)c1cc(Br)cc(B(O)O)c1. The van der Waals surface area contributed by atoms with Gasteiger partial charge < -0.3 is 15.4 Å². The van der Waals surface area contributed by atoms with Crippen LogP contribution in [0.25, 0.3) is 0 Å². The minimum atomic E-state index is -1.62. The van der Waals surface area contributed by atoms with Crippen LogP contribution in [0.3, 0.4) is 0 Å². The molecule has 1 amide bonds. The van der Waals surface area contributed by atoms with E-state index in [4.69, 9.17) is 0 Å². The fourth-order valence-corrected chi connectivity index (χ4v) is 2.40. The van der Waals surface area contributed by atoms with Gasteiger partial charge in [0.2, 0.25) is 0 Å². The molecule has 0 heterocycles. The van der Waals surface area contributed by atoms with E-state index in [0.29, 0.717) is 15.7 Å². The van der Waals surface area contributed by atoms with Gasteiger partial charge in [0.25, 0.3) is 5.91 Å². The normalized spacial score (nSPS) is 10.2. The van der Waals surface area contributed by atoms with E-state index < -0.39 is 7.12 Å². The molecule has 0 saturated heterocycles. The maximum absolute atomic E-state index is 12.1. The van der Waals surface area contributed by atoms with Crippen LogP contribution in [-0.2, 0) is 0 Å². The predicted octanol–water partition coefficient (Wildman–Crippen LogP) is 2.14. The molecule has 20 heavy (non-hydrogen) atoms. The summed E-state index contributed by atoms with van der Waals surface area (Å²) in [5.41, 5.74) is 1.25. The molecular formula is C13H10BBr2NO3. The summed E-state index contributed by atoms with van der Waals surface area (Å²) in [5.74, 6) is -0.324. The van der Waals surface area contributed by atoms with Crippen LogP contribution in [0.2, 0.25) is 0 Å². The van der Waals surface area contributed by atoms with Crippen molar-refractivity contribution in [2.24, 2.45) is 0 Å². The molecule has 0 atom stereocenters. The van der Waals surface area contributed by atoms with E-state index in [1.165, 1.54) is 6.07 Å². The number of carbonyl (C=O) groups excluding carboxylic acids is 1. The van der Waals surface area contributed by atoms with Crippen LogP contribution >= 0.6 is 31.9 Å². The maximum Gasteiger partial charge on any atom is 0.488 e. The van der Waals surface area contributed by atoms with Gasteiger partial charge in [0.15, 0.2) is 0 Å². The first kappa shape index (κ1) is 15.2. The lowest BCUT2D eigenvalue weighted by Crippen LogP contribution is -2.31. The van der Waals surface area contributed by atoms with Gasteiger partial charge in [-0.15, -0.1) is 0 Å². The number of nitrogens with one attached hydrogen (secondary N) is 1. The van der Waals surface area contributed by atoms with Gasteiger partial charge in [-0.25, -0.2) is 0 Å². The van der Waals surface area contributed by atoms with Gasteiger partial charge in [-0.1, -0.05) is 31.9 Å². The molecule has 0 saturated carbocycles. The summed E-state index contributed by atoms with van der Waals surface area (Å²) in [5, 5.41) is 21.1. The summed E-state index contributed by atoms with van der Waals surface area (Å²) in [4.78, 5) is 12.1. The Morgan fingerprint density at radius 3 is 2.25 bits per heavy atom. The van der Waals surface area contributed by atoms with Crippen molar-refractivity contribution in [1.29, 1.82) is 0 Å². The molecule has 2 aromatic carbocycles. The number of hydrogen-bond donors (Lipinski definition) is 3. The minimum Gasteiger partial charge on any atom is -0.423 e. The first-order valence-electron chi connectivity index (χ1n) is 5.69. The van der Waals surface area contributed by atoms with E-state index >= 15 is 0 Å². The second-order valence-electron chi connectivity index (χ2n) is 4.11. The van der Waals surface area contributed by atoms with Crippen LogP contribution in [0.15, 0.2) is 51.4 Å². The van der Waals surface area contributed by atoms with Crippen molar-refractivity contribution in [1.82, 2.24) is 0 Å². The van der Waals surface area contributed by atoms with Crippen LogP contribution in [0, 0.1) is 0 Å².